The number of rotatable bonds is 7. The summed E-state index contributed by atoms with van der Waals surface area (Å²) in [5, 5.41) is 11.4. The van der Waals surface area contributed by atoms with Crippen molar-refractivity contribution >= 4 is 5.97 Å². The molecule has 0 bridgehead atoms. The fourth-order valence-electron chi connectivity index (χ4n) is 1.10. The van der Waals surface area contributed by atoms with Crippen molar-refractivity contribution in [2.45, 2.75) is 6.04 Å². The van der Waals surface area contributed by atoms with Gasteiger partial charge in [0.05, 0.1) is 0 Å². The zero-order chi connectivity index (χ0) is 11.8. The molecular formula is C11H16N2O3. The molecule has 0 saturated heterocycles. The second-order valence-corrected chi connectivity index (χ2v) is 3.31. The molecule has 0 spiro atoms. The number of benzene rings is 1. The number of carboxylic acids is 1. The van der Waals surface area contributed by atoms with E-state index in [1.54, 1.807) is 0 Å². The van der Waals surface area contributed by atoms with E-state index in [-0.39, 0.29) is 6.54 Å². The van der Waals surface area contributed by atoms with Gasteiger partial charge in [0.1, 0.15) is 18.4 Å². The highest BCUT2D eigenvalue weighted by Crippen LogP contribution is 2.07. The lowest BCUT2D eigenvalue weighted by molar-refractivity contribution is -0.138. The third-order valence-corrected chi connectivity index (χ3v) is 1.97. The smallest absolute Gasteiger partial charge is 0.321 e. The van der Waals surface area contributed by atoms with Crippen LogP contribution in [0.1, 0.15) is 0 Å². The Balaban J connectivity index is 2.07. The van der Waals surface area contributed by atoms with Crippen LogP contribution in [0.5, 0.6) is 5.75 Å². The molecule has 0 aliphatic rings. The third-order valence-electron chi connectivity index (χ3n) is 1.97. The maximum absolute atomic E-state index is 10.4. The molecule has 1 unspecified atom stereocenters. The van der Waals surface area contributed by atoms with Crippen LogP contribution in [0.2, 0.25) is 0 Å². The van der Waals surface area contributed by atoms with Gasteiger partial charge >= 0.3 is 5.97 Å². The lowest BCUT2D eigenvalue weighted by atomic mass is 10.3. The highest BCUT2D eigenvalue weighted by Gasteiger charge is 2.09. The van der Waals surface area contributed by atoms with Crippen molar-refractivity contribution in [3.8, 4) is 5.75 Å². The van der Waals surface area contributed by atoms with Crippen LogP contribution in [0.4, 0.5) is 0 Å². The number of carboxylic acid groups (broad SMARTS) is 1. The molecule has 4 N–H and O–H groups in total. The van der Waals surface area contributed by atoms with Crippen molar-refractivity contribution in [1.82, 2.24) is 5.32 Å². The molecule has 5 nitrogen and oxygen atoms in total. The first-order chi connectivity index (χ1) is 7.70. The van der Waals surface area contributed by atoms with Crippen molar-refractivity contribution in [1.29, 1.82) is 0 Å². The predicted molar refractivity (Wildman–Crippen MR) is 60.4 cm³/mol. The number of nitrogens with two attached hydrogens (primary N) is 1. The molecule has 16 heavy (non-hydrogen) atoms. The van der Waals surface area contributed by atoms with E-state index in [9.17, 15) is 4.79 Å². The molecule has 1 aromatic rings. The second kappa shape index (κ2) is 6.81. The van der Waals surface area contributed by atoms with Crippen LogP contribution < -0.4 is 15.8 Å². The van der Waals surface area contributed by atoms with Gasteiger partial charge in [0.15, 0.2) is 0 Å². The van der Waals surface area contributed by atoms with E-state index in [4.69, 9.17) is 15.6 Å². The van der Waals surface area contributed by atoms with Crippen LogP contribution in [0.3, 0.4) is 0 Å². The molecule has 0 aliphatic heterocycles. The van der Waals surface area contributed by atoms with Crippen LogP contribution in [0.15, 0.2) is 30.3 Å². The summed E-state index contributed by atoms with van der Waals surface area (Å²) in [5.74, 6) is -0.205. The predicted octanol–water partition coefficient (Wildman–Crippen LogP) is 0.0669. The largest absolute Gasteiger partial charge is 0.492 e. The summed E-state index contributed by atoms with van der Waals surface area (Å²) in [6.45, 7) is 1.29. The number of carbonyl (C=O) groups is 1. The van der Waals surface area contributed by atoms with Crippen molar-refractivity contribution in [2.75, 3.05) is 19.7 Å². The van der Waals surface area contributed by atoms with E-state index in [0.29, 0.717) is 13.2 Å². The first-order valence-corrected chi connectivity index (χ1v) is 5.07. The number of para-hydroxylation sites is 1. The van der Waals surface area contributed by atoms with Crippen LogP contribution >= 0.6 is 0 Å². The highest BCUT2D eigenvalue weighted by atomic mass is 16.5. The molecule has 0 radical (unpaired) electrons. The molecule has 5 heteroatoms. The van der Waals surface area contributed by atoms with Crippen molar-refractivity contribution < 1.29 is 14.6 Å². The van der Waals surface area contributed by atoms with E-state index in [1.165, 1.54) is 0 Å². The van der Waals surface area contributed by atoms with Crippen LogP contribution in [-0.2, 0) is 4.79 Å². The van der Waals surface area contributed by atoms with Crippen LogP contribution in [0, 0.1) is 0 Å². The standard InChI is InChI=1S/C11H16N2O3/c12-10(11(14)15)8-13-6-7-16-9-4-2-1-3-5-9/h1-5,10,13H,6-8,12H2,(H,14,15). The number of ether oxygens (including phenoxy) is 1. The Labute approximate surface area is 94.2 Å². The summed E-state index contributed by atoms with van der Waals surface area (Å²) in [6.07, 6.45) is 0. The third kappa shape index (κ3) is 4.77. The Hall–Kier alpha value is -1.59. The van der Waals surface area contributed by atoms with Gasteiger partial charge in [0.2, 0.25) is 0 Å². The maximum atomic E-state index is 10.4. The van der Waals surface area contributed by atoms with E-state index in [1.807, 2.05) is 30.3 Å². The van der Waals surface area contributed by atoms with Gasteiger partial charge in [-0.3, -0.25) is 4.79 Å². The normalized spacial score (nSPS) is 12.1. The minimum atomic E-state index is -1.00. The van der Waals surface area contributed by atoms with Crippen molar-refractivity contribution in [2.24, 2.45) is 5.73 Å². The van der Waals surface area contributed by atoms with Gasteiger partial charge in [0.25, 0.3) is 0 Å². The SMILES string of the molecule is NC(CNCCOc1ccccc1)C(=O)O. The molecule has 1 atom stereocenters. The molecule has 88 valence electrons. The van der Waals surface area contributed by atoms with Gasteiger partial charge in [-0.2, -0.15) is 0 Å². The van der Waals surface area contributed by atoms with Crippen LogP contribution in [-0.4, -0.2) is 36.8 Å². The van der Waals surface area contributed by atoms with Crippen molar-refractivity contribution in [3.63, 3.8) is 0 Å². The number of nitrogens with one attached hydrogen (secondary N) is 1. The lowest BCUT2D eigenvalue weighted by Gasteiger charge is -2.09. The summed E-state index contributed by atoms with van der Waals surface area (Å²) in [6, 6.07) is 8.56. The number of hydrogen-bond donors (Lipinski definition) is 3. The Bertz CT molecular complexity index is 316. The Morgan fingerprint density at radius 3 is 2.75 bits per heavy atom. The minimum absolute atomic E-state index is 0.244. The summed E-state index contributed by atoms with van der Waals surface area (Å²) in [5.41, 5.74) is 5.31. The van der Waals surface area contributed by atoms with Gasteiger partial charge in [-0.05, 0) is 12.1 Å². The quantitative estimate of drug-likeness (QED) is 0.571. The molecule has 0 amide bonds. The van der Waals surface area contributed by atoms with Gasteiger partial charge in [-0.1, -0.05) is 18.2 Å². The lowest BCUT2D eigenvalue weighted by Crippen LogP contribution is -2.41. The van der Waals surface area contributed by atoms with E-state index < -0.39 is 12.0 Å². The molecule has 0 saturated carbocycles. The second-order valence-electron chi connectivity index (χ2n) is 3.31. The first-order valence-electron chi connectivity index (χ1n) is 5.07. The Kier molecular flexibility index (Phi) is 5.31. The molecule has 1 aromatic carbocycles. The van der Waals surface area contributed by atoms with Gasteiger partial charge < -0.3 is 20.9 Å². The zero-order valence-electron chi connectivity index (χ0n) is 8.93. The van der Waals surface area contributed by atoms with Crippen LogP contribution in [0.25, 0.3) is 0 Å². The minimum Gasteiger partial charge on any atom is -0.492 e. The van der Waals surface area contributed by atoms with E-state index in [2.05, 4.69) is 5.32 Å². The average Bonchev–Trinajstić information content (AvgIpc) is 2.29. The monoisotopic (exact) mass is 224 g/mol. The Morgan fingerprint density at radius 2 is 2.12 bits per heavy atom. The summed E-state index contributed by atoms with van der Waals surface area (Å²) in [7, 11) is 0. The number of aliphatic carboxylic acids is 1. The summed E-state index contributed by atoms with van der Waals surface area (Å²) in [4.78, 5) is 10.4. The fraction of sp³-hybridized carbons (Fsp3) is 0.364. The fourth-order valence-corrected chi connectivity index (χ4v) is 1.10. The van der Waals surface area contributed by atoms with Gasteiger partial charge in [0, 0.05) is 13.1 Å². The topological polar surface area (TPSA) is 84.6 Å². The van der Waals surface area contributed by atoms with Gasteiger partial charge in [-0.15, -0.1) is 0 Å². The molecule has 1 rings (SSSR count). The first kappa shape index (κ1) is 12.5. The summed E-state index contributed by atoms with van der Waals surface area (Å²) >= 11 is 0. The van der Waals surface area contributed by atoms with E-state index >= 15 is 0 Å². The van der Waals surface area contributed by atoms with Crippen molar-refractivity contribution in [3.05, 3.63) is 30.3 Å². The maximum Gasteiger partial charge on any atom is 0.321 e. The van der Waals surface area contributed by atoms with Gasteiger partial charge in [-0.25, -0.2) is 0 Å². The molecule has 0 fully saturated rings. The molecule has 0 aromatic heterocycles. The zero-order valence-corrected chi connectivity index (χ0v) is 8.93. The highest BCUT2D eigenvalue weighted by molar-refractivity contribution is 5.73. The molecule has 0 aliphatic carbocycles. The average molecular weight is 224 g/mol. The Morgan fingerprint density at radius 1 is 1.44 bits per heavy atom. The summed E-state index contributed by atoms with van der Waals surface area (Å²) < 4.78 is 5.40. The number of hydrogen-bond acceptors (Lipinski definition) is 4. The molecular weight excluding hydrogens is 208 g/mol. The molecule has 0 heterocycles. The van der Waals surface area contributed by atoms with E-state index in [0.717, 1.165) is 5.75 Å².